The quantitative estimate of drug-likeness (QED) is 0.429. The molecule has 2 fully saturated rings. The van der Waals surface area contributed by atoms with E-state index in [1.165, 1.54) is 11.3 Å². The zero-order valence-corrected chi connectivity index (χ0v) is 20.7. The predicted molar refractivity (Wildman–Crippen MR) is 131 cm³/mol. The number of carboxylic acid groups (broad SMARTS) is 1. The number of ether oxygens (including phenoxy) is 1. The molecular weight excluding hydrogens is 499 g/mol. The average Bonchev–Trinajstić information content (AvgIpc) is 3.19. The first-order valence-corrected chi connectivity index (χ1v) is 12.3. The number of aryl methyl sites for hydroxylation is 1. The standard InChI is InChI=1S/C23H22Cl2N4O4S/c1-10-16(24)17(25)19(26-10)21(30)28-18-13-8-29(9-14(13)18)23-27-15(20(34-23)22(31)32)7-11-3-5-12(33-2)6-4-11/h3-6,13-14,18,26H,7-9H2,1-2H3,(H,28,30)(H,31,32)/t13-,14+,18+. The van der Waals surface area contributed by atoms with Gasteiger partial charge in [-0.15, -0.1) is 0 Å². The Morgan fingerprint density at radius 2 is 1.91 bits per heavy atom. The Hall–Kier alpha value is -2.75. The van der Waals surface area contributed by atoms with E-state index in [2.05, 4.69) is 20.2 Å². The number of aromatic amines is 1. The minimum Gasteiger partial charge on any atom is -0.497 e. The van der Waals surface area contributed by atoms with Gasteiger partial charge in [0.25, 0.3) is 5.91 Å². The summed E-state index contributed by atoms with van der Waals surface area (Å²) in [5.74, 6) is 0.0810. The van der Waals surface area contributed by atoms with Crippen molar-refractivity contribution in [1.29, 1.82) is 0 Å². The van der Waals surface area contributed by atoms with Crippen LogP contribution in [0.3, 0.4) is 0 Å². The number of benzene rings is 1. The van der Waals surface area contributed by atoms with Crippen molar-refractivity contribution in [3.05, 3.63) is 61.8 Å². The third-order valence-corrected chi connectivity index (χ3v) is 8.55. The number of piperidine rings is 1. The van der Waals surface area contributed by atoms with Crippen molar-refractivity contribution in [1.82, 2.24) is 15.3 Å². The minimum atomic E-state index is -0.974. The molecule has 0 radical (unpaired) electrons. The number of nitrogens with one attached hydrogen (secondary N) is 2. The number of carbonyl (C=O) groups is 2. The summed E-state index contributed by atoms with van der Waals surface area (Å²) in [6.45, 7) is 3.18. The molecule has 3 aromatic rings. The maximum atomic E-state index is 12.6. The number of amides is 1. The number of anilines is 1. The summed E-state index contributed by atoms with van der Waals surface area (Å²) in [6, 6.07) is 7.57. The summed E-state index contributed by atoms with van der Waals surface area (Å²) in [5, 5.41) is 14.0. The summed E-state index contributed by atoms with van der Waals surface area (Å²) >= 11 is 13.4. The number of hydrogen-bond donors (Lipinski definition) is 3. The van der Waals surface area contributed by atoms with Crippen LogP contribution in [0.5, 0.6) is 5.75 Å². The van der Waals surface area contributed by atoms with Crippen LogP contribution in [0.2, 0.25) is 10.0 Å². The van der Waals surface area contributed by atoms with Crippen LogP contribution in [-0.4, -0.2) is 53.2 Å². The smallest absolute Gasteiger partial charge is 0.347 e. The monoisotopic (exact) mass is 520 g/mol. The van der Waals surface area contributed by atoms with E-state index in [0.29, 0.717) is 41.1 Å². The van der Waals surface area contributed by atoms with Crippen LogP contribution in [0, 0.1) is 18.8 Å². The highest BCUT2D eigenvalue weighted by molar-refractivity contribution is 7.17. The van der Waals surface area contributed by atoms with Gasteiger partial charge in [-0.3, -0.25) is 4.79 Å². The lowest BCUT2D eigenvalue weighted by Crippen LogP contribution is -2.34. The summed E-state index contributed by atoms with van der Waals surface area (Å²) < 4.78 is 5.18. The van der Waals surface area contributed by atoms with E-state index in [9.17, 15) is 14.7 Å². The van der Waals surface area contributed by atoms with E-state index in [1.807, 2.05) is 24.3 Å². The molecule has 1 saturated heterocycles. The van der Waals surface area contributed by atoms with Gasteiger partial charge in [0.05, 0.1) is 22.8 Å². The third-order valence-electron chi connectivity index (χ3n) is 6.45. The lowest BCUT2D eigenvalue weighted by atomic mass is 10.1. The topological polar surface area (TPSA) is 108 Å². The molecule has 11 heteroatoms. The molecule has 2 aliphatic rings. The van der Waals surface area contributed by atoms with Gasteiger partial charge in [-0.2, -0.15) is 0 Å². The van der Waals surface area contributed by atoms with Crippen LogP contribution < -0.4 is 15.0 Å². The Kier molecular flexibility index (Phi) is 5.95. The van der Waals surface area contributed by atoms with E-state index in [1.54, 1.807) is 14.0 Å². The van der Waals surface area contributed by atoms with E-state index in [-0.39, 0.29) is 39.4 Å². The van der Waals surface area contributed by atoms with Crippen molar-refractivity contribution in [2.45, 2.75) is 19.4 Å². The molecule has 1 aromatic carbocycles. The molecule has 2 aromatic heterocycles. The highest BCUT2D eigenvalue weighted by atomic mass is 35.5. The number of aromatic carboxylic acids is 1. The molecule has 34 heavy (non-hydrogen) atoms. The van der Waals surface area contributed by atoms with Gasteiger partial charge < -0.3 is 25.0 Å². The van der Waals surface area contributed by atoms with Gasteiger partial charge in [0, 0.05) is 43.1 Å². The van der Waals surface area contributed by atoms with Crippen molar-refractivity contribution < 1.29 is 19.4 Å². The maximum Gasteiger partial charge on any atom is 0.347 e. The fourth-order valence-electron chi connectivity index (χ4n) is 4.55. The highest BCUT2D eigenvalue weighted by Gasteiger charge is 2.57. The first-order valence-electron chi connectivity index (χ1n) is 10.7. The molecule has 3 heterocycles. The number of fused-ring (bicyclic) bond motifs is 1. The number of halogens is 2. The van der Waals surface area contributed by atoms with Gasteiger partial charge in [0.15, 0.2) is 5.13 Å². The van der Waals surface area contributed by atoms with E-state index in [4.69, 9.17) is 27.9 Å². The summed E-state index contributed by atoms with van der Waals surface area (Å²) in [4.78, 5) is 34.4. The summed E-state index contributed by atoms with van der Waals surface area (Å²) in [6.07, 6.45) is 0.431. The molecular formula is C23H22Cl2N4O4S. The second-order valence-electron chi connectivity index (χ2n) is 8.59. The Labute approximate surface area is 209 Å². The molecule has 1 aliphatic carbocycles. The number of carboxylic acids is 1. The summed E-state index contributed by atoms with van der Waals surface area (Å²) in [7, 11) is 1.60. The second-order valence-corrected chi connectivity index (χ2v) is 10.3. The number of H-pyrrole nitrogens is 1. The first-order chi connectivity index (χ1) is 16.3. The number of hydrogen-bond acceptors (Lipinski definition) is 6. The van der Waals surface area contributed by atoms with Crippen LogP contribution in [0.4, 0.5) is 5.13 Å². The molecule has 0 spiro atoms. The number of aromatic nitrogens is 2. The van der Waals surface area contributed by atoms with Gasteiger partial charge in [-0.05, 0) is 24.6 Å². The summed E-state index contributed by atoms with van der Waals surface area (Å²) in [5.41, 5.74) is 2.45. The zero-order valence-electron chi connectivity index (χ0n) is 18.4. The van der Waals surface area contributed by atoms with Crippen LogP contribution in [-0.2, 0) is 6.42 Å². The second kappa shape index (κ2) is 8.79. The number of methoxy groups -OCH3 is 1. The van der Waals surface area contributed by atoms with Crippen molar-refractivity contribution in [3.63, 3.8) is 0 Å². The molecule has 1 saturated carbocycles. The molecule has 3 N–H and O–H groups in total. The maximum absolute atomic E-state index is 12.6. The van der Waals surface area contributed by atoms with E-state index in [0.717, 1.165) is 11.3 Å². The molecule has 0 unspecified atom stereocenters. The molecule has 1 amide bonds. The first kappa shape index (κ1) is 23.0. The van der Waals surface area contributed by atoms with E-state index >= 15 is 0 Å². The van der Waals surface area contributed by atoms with Gasteiger partial charge in [-0.25, -0.2) is 9.78 Å². The highest BCUT2D eigenvalue weighted by Crippen LogP contribution is 2.48. The number of nitrogens with zero attached hydrogens (tertiary/aromatic N) is 2. The SMILES string of the molecule is COc1ccc(Cc2nc(N3C[C@@H]4[C@H](C3)[C@H]4NC(=O)c3[nH]c(C)c(Cl)c3Cl)sc2C(=O)O)cc1. The third kappa shape index (κ3) is 4.12. The van der Waals surface area contributed by atoms with Crippen LogP contribution in [0.15, 0.2) is 24.3 Å². The van der Waals surface area contributed by atoms with Crippen LogP contribution in [0.1, 0.15) is 37.1 Å². The van der Waals surface area contributed by atoms with Crippen LogP contribution >= 0.6 is 34.5 Å². The fraction of sp³-hybridized carbons (Fsp3) is 0.348. The molecule has 8 nitrogen and oxygen atoms in total. The van der Waals surface area contributed by atoms with Crippen molar-refractivity contribution in [2.24, 2.45) is 11.8 Å². The van der Waals surface area contributed by atoms with Crippen molar-refractivity contribution >= 4 is 51.5 Å². The average molecular weight is 521 g/mol. The minimum absolute atomic E-state index is 0.0554. The molecule has 178 valence electrons. The van der Waals surface area contributed by atoms with Crippen LogP contribution in [0.25, 0.3) is 0 Å². The zero-order chi connectivity index (χ0) is 24.1. The van der Waals surface area contributed by atoms with E-state index < -0.39 is 5.97 Å². The molecule has 3 atom stereocenters. The Bertz CT molecular complexity index is 1260. The largest absolute Gasteiger partial charge is 0.497 e. The van der Waals surface area contributed by atoms with Gasteiger partial charge in [0.1, 0.15) is 16.3 Å². The normalized spacial score (nSPS) is 20.8. The van der Waals surface area contributed by atoms with Gasteiger partial charge in [0.2, 0.25) is 0 Å². The number of rotatable bonds is 7. The lowest BCUT2D eigenvalue weighted by Gasteiger charge is -2.19. The Morgan fingerprint density at radius 3 is 2.47 bits per heavy atom. The molecule has 1 aliphatic heterocycles. The van der Waals surface area contributed by atoms with Gasteiger partial charge >= 0.3 is 5.97 Å². The molecule has 0 bridgehead atoms. The van der Waals surface area contributed by atoms with Gasteiger partial charge in [-0.1, -0.05) is 46.7 Å². The van der Waals surface area contributed by atoms with Crippen molar-refractivity contribution in [2.75, 3.05) is 25.1 Å². The predicted octanol–water partition coefficient (Wildman–Crippen LogP) is 4.25. The van der Waals surface area contributed by atoms with Crippen molar-refractivity contribution in [3.8, 4) is 5.75 Å². The number of carbonyl (C=O) groups excluding carboxylic acids is 1. The Balaban J connectivity index is 1.24. The fourth-order valence-corrected chi connectivity index (χ4v) is 5.90. The molecule has 5 rings (SSSR count). The lowest BCUT2D eigenvalue weighted by molar-refractivity contribution is 0.0700. The Morgan fingerprint density at radius 1 is 1.24 bits per heavy atom. The number of thiazole rings is 1.